The minimum absolute atomic E-state index is 0.0294. The van der Waals surface area contributed by atoms with Crippen molar-refractivity contribution >= 4 is 5.91 Å². The minimum atomic E-state index is -0.192. The lowest BCUT2D eigenvalue weighted by atomic mass is 10.0. The van der Waals surface area contributed by atoms with Crippen molar-refractivity contribution in [3.63, 3.8) is 0 Å². The quantitative estimate of drug-likeness (QED) is 0.737. The zero-order valence-corrected chi connectivity index (χ0v) is 15.4. The third-order valence-electron chi connectivity index (χ3n) is 4.77. The molecule has 4 rings (SSSR count). The van der Waals surface area contributed by atoms with Gasteiger partial charge in [-0.15, -0.1) is 0 Å². The standard InChI is InChI=1S/C20H19N5O3/c1-28-17-5-3-2-4-13(17)10-18(26)25-9-6-14-16(12-25)23-19(24-20(14)27)15-11-21-7-8-22-15/h2-5,7-8,11H,6,9-10,12H2,1H3,(H,23,24,27). The van der Waals surface area contributed by atoms with E-state index in [1.165, 1.54) is 12.4 Å². The molecule has 1 aromatic carbocycles. The van der Waals surface area contributed by atoms with Crippen LogP contribution in [-0.4, -0.2) is 44.4 Å². The molecule has 0 spiro atoms. The number of hydrogen-bond donors (Lipinski definition) is 1. The van der Waals surface area contributed by atoms with Crippen LogP contribution >= 0.6 is 0 Å². The summed E-state index contributed by atoms with van der Waals surface area (Å²) in [5, 5.41) is 0. The van der Waals surface area contributed by atoms with Crippen molar-refractivity contribution in [2.24, 2.45) is 0 Å². The Morgan fingerprint density at radius 1 is 1.29 bits per heavy atom. The summed E-state index contributed by atoms with van der Waals surface area (Å²) in [6.07, 6.45) is 5.34. The van der Waals surface area contributed by atoms with E-state index in [0.29, 0.717) is 48.0 Å². The van der Waals surface area contributed by atoms with Crippen molar-refractivity contribution in [1.29, 1.82) is 0 Å². The first-order chi connectivity index (χ1) is 13.7. The SMILES string of the molecule is COc1ccccc1CC(=O)N1CCc2c(nc(-c3cnccn3)[nH]c2=O)C1. The monoisotopic (exact) mass is 377 g/mol. The van der Waals surface area contributed by atoms with Gasteiger partial charge in [-0.1, -0.05) is 18.2 Å². The lowest BCUT2D eigenvalue weighted by molar-refractivity contribution is -0.131. The fraction of sp³-hybridized carbons (Fsp3) is 0.250. The summed E-state index contributed by atoms with van der Waals surface area (Å²) in [5.41, 5.74) is 2.35. The Kier molecular flexibility index (Phi) is 4.84. The second-order valence-electron chi connectivity index (χ2n) is 6.48. The number of H-pyrrole nitrogens is 1. The molecule has 1 aliphatic rings. The van der Waals surface area contributed by atoms with E-state index in [1.54, 1.807) is 18.2 Å². The molecular formula is C20H19N5O3. The Balaban J connectivity index is 1.58. The van der Waals surface area contributed by atoms with Crippen LogP contribution in [0.3, 0.4) is 0 Å². The average Bonchev–Trinajstić information content (AvgIpc) is 2.74. The topological polar surface area (TPSA) is 101 Å². The third kappa shape index (κ3) is 3.48. The molecule has 28 heavy (non-hydrogen) atoms. The second-order valence-corrected chi connectivity index (χ2v) is 6.48. The molecule has 0 bridgehead atoms. The molecule has 0 atom stereocenters. The molecule has 2 aromatic heterocycles. The van der Waals surface area contributed by atoms with E-state index in [4.69, 9.17) is 4.74 Å². The van der Waals surface area contributed by atoms with Gasteiger partial charge in [0.1, 0.15) is 11.4 Å². The van der Waals surface area contributed by atoms with E-state index in [-0.39, 0.29) is 17.9 Å². The van der Waals surface area contributed by atoms with Crippen molar-refractivity contribution in [2.75, 3.05) is 13.7 Å². The smallest absolute Gasteiger partial charge is 0.254 e. The van der Waals surface area contributed by atoms with Crippen LogP contribution < -0.4 is 10.3 Å². The van der Waals surface area contributed by atoms with Gasteiger partial charge in [-0.05, 0) is 12.5 Å². The number of rotatable bonds is 4. The minimum Gasteiger partial charge on any atom is -0.496 e. The van der Waals surface area contributed by atoms with Gasteiger partial charge in [0.25, 0.3) is 5.56 Å². The Morgan fingerprint density at radius 2 is 2.14 bits per heavy atom. The number of nitrogens with one attached hydrogen (secondary N) is 1. The van der Waals surface area contributed by atoms with Crippen LogP contribution in [0.15, 0.2) is 47.7 Å². The highest BCUT2D eigenvalue weighted by Gasteiger charge is 2.25. The zero-order valence-electron chi connectivity index (χ0n) is 15.4. The van der Waals surface area contributed by atoms with E-state index < -0.39 is 0 Å². The van der Waals surface area contributed by atoms with Crippen LogP contribution in [0.5, 0.6) is 5.75 Å². The normalized spacial score (nSPS) is 13.1. The zero-order chi connectivity index (χ0) is 19.5. The van der Waals surface area contributed by atoms with E-state index >= 15 is 0 Å². The molecule has 0 saturated heterocycles. The maximum absolute atomic E-state index is 12.8. The number of amides is 1. The largest absolute Gasteiger partial charge is 0.496 e. The lowest BCUT2D eigenvalue weighted by Crippen LogP contribution is -2.40. The Hall–Kier alpha value is -3.55. The van der Waals surface area contributed by atoms with E-state index in [0.717, 1.165) is 5.56 Å². The lowest BCUT2D eigenvalue weighted by Gasteiger charge is -2.28. The number of carbonyl (C=O) groups is 1. The number of methoxy groups -OCH3 is 1. The summed E-state index contributed by atoms with van der Waals surface area (Å²) in [7, 11) is 1.59. The average molecular weight is 377 g/mol. The predicted octanol–water partition coefficient (Wildman–Crippen LogP) is 1.36. The molecule has 0 aliphatic carbocycles. The molecule has 142 valence electrons. The number of carbonyl (C=O) groups excluding carboxylic acids is 1. The summed E-state index contributed by atoms with van der Waals surface area (Å²) in [6, 6.07) is 7.46. The van der Waals surface area contributed by atoms with Crippen molar-refractivity contribution in [3.05, 3.63) is 70.0 Å². The highest BCUT2D eigenvalue weighted by atomic mass is 16.5. The molecule has 3 aromatic rings. The van der Waals surface area contributed by atoms with Crippen molar-refractivity contribution in [3.8, 4) is 17.3 Å². The Bertz CT molecular complexity index is 1060. The molecule has 1 amide bonds. The number of aromatic amines is 1. The van der Waals surface area contributed by atoms with Crippen LogP contribution in [0, 0.1) is 0 Å². The first-order valence-corrected chi connectivity index (χ1v) is 8.94. The Labute approximate surface area is 161 Å². The first-order valence-electron chi connectivity index (χ1n) is 8.94. The number of nitrogens with zero attached hydrogens (tertiary/aromatic N) is 4. The molecule has 0 unspecified atom stereocenters. The van der Waals surface area contributed by atoms with Gasteiger partial charge in [0, 0.05) is 30.1 Å². The molecule has 0 fully saturated rings. The molecule has 1 N–H and O–H groups in total. The Morgan fingerprint density at radius 3 is 2.93 bits per heavy atom. The van der Waals surface area contributed by atoms with Crippen molar-refractivity contribution < 1.29 is 9.53 Å². The number of fused-ring (bicyclic) bond motifs is 1. The van der Waals surface area contributed by atoms with Gasteiger partial charge < -0.3 is 14.6 Å². The molecule has 0 saturated carbocycles. The maximum Gasteiger partial charge on any atom is 0.254 e. The van der Waals surface area contributed by atoms with Gasteiger partial charge >= 0.3 is 0 Å². The number of aromatic nitrogens is 4. The fourth-order valence-corrected chi connectivity index (χ4v) is 3.32. The highest BCUT2D eigenvalue weighted by molar-refractivity contribution is 5.79. The van der Waals surface area contributed by atoms with Crippen LogP contribution in [0.1, 0.15) is 16.8 Å². The molecule has 0 radical (unpaired) electrons. The van der Waals surface area contributed by atoms with Gasteiger partial charge in [0.05, 0.1) is 32.0 Å². The molecular weight excluding hydrogens is 358 g/mol. The van der Waals surface area contributed by atoms with Gasteiger partial charge in [0.2, 0.25) is 5.91 Å². The molecule has 8 heteroatoms. The van der Waals surface area contributed by atoms with Gasteiger partial charge in [-0.25, -0.2) is 9.97 Å². The third-order valence-corrected chi connectivity index (χ3v) is 4.77. The maximum atomic E-state index is 12.8. The number of hydrogen-bond acceptors (Lipinski definition) is 6. The number of benzene rings is 1. The number of para-hydroxylation sites is 1. The van der Waals surface area contributed by atoms with Gasteiger partial charge in [-0.2, -0.15) is 0 Å². The summed E-state index contributed by atoms with van der Waals surface area (Å²) in [4.78, 5) is 42.5. The molecule has 1 aliphatic heterocycles. The molecule has 3 heterocycles. The van der Waals surface area contributed by atoms with Crippen molar-refractivity contribution in [2.45, 2.75) is 19.4 Å². The summed E-state index contributed by atoms with van der Waals surface area (Å²) >= 11 is 0. The summed E-state index contributed by atoms with van der Waals surface area (Å²) in [5.74, 6) is 1.02. The van der Waals surface area contributed by atoms with Crippen LogP contribution in [0.4, 0.5) is 0 Å². The fourth-order valence-electron chi connectivity index (χ4n) is 3.32. The highest BCUT2D eigenvalue weighted by Crippen LogP contribution is 2.21. The van der Waals surface area contributed by atoms with E-state index in [2.05, 4.69) is 19.9 Å². The molecule has 8 nitrogen and oxygen atoms in total. The predicted molar refractivity (Wildman–Crippen MR) is 102 cm³/mol. The first kappa shape index (κ1) is 17.8. The van der Waals surface area contributed by atoms with Crippen LogP contribution in [0.2, 0.25) is 0 Å². The van der Waals surface area contributed by atoms with Crippen LogP contribution in [-0.2, 0) is 24.2 Å². The van der Waals surface area contributed by atoms with Gasteiger partial charge in [0.15, 0.2) is 5.82 Å². The summed E-state index contributed by atoms with van der Waals surface area (Å²) in [6.45, 7) is 0.775. The van der Waals surface area contributed by atoms with Gasteiger partial charge in [-0.3, -0.25) is 14.6 Å². The second kappa shape index (κ2) is 7.59. The van der Waals surface area contributed by atoms with Crippen LogP contribution in [0.25, 0.3) is 11.5 Å². The number of ether oxygens (including phenoxy) is 1. The van der Waals surface area contributed by atoms with E-state index in [9.17, 15) is 9.59 Å². The van der Waals surface area contributed by atoms with E-state index in [1.807, 2.05) is 24.3 Å². The van der Waals surface area contributed by atoms with Crippen molar-refractivity contribution in [1.82, 2.24) is 24.8 Å². The summed E-state index contributed by atoms with van der Waals surface area (Å²) < 4.78 is 5.33.